The molecule has 0 saturated carbocycles. The van der Waals surface area contributed by atoms with Crippen molar-refractivity contribution in [1.82, 2.24) is 9.62 Å². The Morgan fingerprint density at radius 3 is 2.54 bits per heavy atom. The molecule has 0 saturated heterocycles. The van der Waals surface area contributed by atoms with E-state index in [1.165, 1.54) is 20.2 Å². The quantitative estimate of drug-likeness (QED) is 0.605. The number of nitrogens with one attached hydrogen (secondary N) is 1. The van der Waals surface area contributed by atoms with Gasteiger partial charge in [0.1, 0.15) is 18.1 Å². The molecule has 7 nitrogen and oxygen atoms in total. The molecule has 0 spiro atoms. The van der Waals surface area contributed by atoms with Gasteiger partial charge in [-0.2, -0.15) is 0 Å². The van der Waals surface area contributed by atoms with Crippen LogP contribution in [-0.2, 0) is 23.2 Å². The van der Waals surface area contributed by atoms with Crippen molar-refractivity contribution < 1.29 is 22.4 Å². The molecule has 0 aliphatic carbocycles. The Morgan fingerprint density at radius 1 is 1.14 bits per heavy atom. The fraction of sp³-hybridized carbons (Fsp3) is 0.211. The number of ether oxygens (including phenoxy) is 1. The average molecular weight is 421 g/mol. The van der Waals surface area contributed by atoms with Crippen LogP contribution in [0.25, 0.3) is 0 Å². The summed E-state index contributed by atoms with van der Waals surface area (Å²) in [4.78, 5) is 13.2. The Hall–Kier alpha value is -2.62. The third kappa shape index (κ3) is 4.80. The minimum absolute atomic E-state index is 0.0763. The number of rotatable bonds is 8. The Labute approximate surface area is 167 Å². The molecule has 28 heavy (non-hydrogen) atoms. The van der Waals surface area contributed by atoms with Crippen LogP contribution in [0.2, 0.25) is 0 Å². The van der Waals surface area contributed by atoms with E-state index in [-0.39, 0.29) is 17.6 Å². The summed E-state index contributed by atoms with van der Waals surface area (Å²) in [6.07, 6.45) is 0. The van der Waals surface area contributed by atoms with E-state index >= 15 is 0 Å². The van der Waals surface area contributed by atoms with Crippen molar-refractivity contribution >= 4 is 27.3 Å². The van der Waals surface area contributed by atoms with E-state index in [1.807, 2.05) is 17.5 Å². The van der Waals surface area contributed by atoms with E-state index in [9.17, 15) is 13.2 Å². The Bertz CT molecular complexity index is 1020. The average Bonchev–Trinajstić information content (AvgIpc) is 3.37. The van der Waals surface area contributed by atoms with Gasteiger partial charge >= 0.3 is 0 Å². The zero-order chi connectivity index (χ0) is 20.1. The lowest BCUT2D eigenvalue weighted by Gasteiger charge is -2.08. The standard InChI is InChI=1S/C19H20N2O5S2/c1-21(2)28(23,24)18-10-9-16(26-18)13-25-15-7-5-14(6-8-15)19(22)20-12-17-4-3-11-27-17/h3-11H,12-13H2,1-2H3,(H,20,22). The first kappa shape index (κ1) is 20.1. The van der Waals surface area contributed by atoms with E-state index < -0.39 is 10.0 Å². The fourth-order valence-corrected chi connectivity index (χ4v) is 3.75. The van der Waals surface area contributed by atoms with E-state index in [2.05, 4.69) is 5.32 Å². The Morgan fingerprint density at radius 2 is 1.89 bits per heavy atom. The summed E-state index contributed by atoms with van der Waals surface area (Å²) in [5.41, 5.74) is 0.529. The summed E-state index contributed by atoms with van der Waals surface area (Å²) in [6, 6.07) is 13.6. The first-order valence-corrected chi connectivity index (χ1v) is 10.7. The van der Waals surface area contributed by atoms with Gasteiger partial charge in [-0.05, 0) is 47.8 Å². The van der Waals surface area contributed by atoms with Gasteiger partial charge in [0.15, 0.2) is 0 Å². The first-order chi connectivity index (χ1) is 13.4. The maximum Gasteiger partial charge on any atom is 0.275 e. The second kappa shape index (κ2) is 8.59. The van der Waals surface area contributed by atoms with Crippen LogP contribution in [0.1, 0.15) is 21.0 Å². The predicted octanol–water partition coefficient (Wildman–Crippen LogP) is 3.10. The van der Waals surface area contributed by atoms with Gasteiger partial charge < -0.3 is 14.5 Å². The number of amides is 1. The van der Waals surface area contributed by atoms with Crippen molar-refractivity contribution in [3.63, 3.8) is 0 Å². The zero-order valence-corrected chi connectivity index (χ0v) is 17.0. The van der Waals surface area contributed by atoms with Crippen LogP contribution in [0.15, 0.2) is 63.4 Å². The smallest absolute Gasteiger partial charge is 0.275 e. The van der Waals surface area contributed by atoms with Crippen LogP contribution in [-0.4, -0.2) is 32.7 Å². The van der Waals surface area contributed by atoms with Crippen LogP contribution in [0.4, 0.5) is 0 Å². The maximum atomic E-state index is 12.2. The fourth-order valence-electron chi connectivity index (χ4n) is 2.29. The van der Waals surface area contributed by atoms with Crippen LogP contribution < -0.4 is 10.1 Å². The van der Waals surface area contributed by atoms with Crippen LogP contribution >= 0.6 is 11.3 Å². The molecule has 1 N–H and O–H groups in total. The van der Waals surface area contributed by atoms with Gasteiger partial charge in [0.05, 0.1) is 6.54 Å². The lowest BCUT2D eigenvalue weighted by atomic mass is 10.2. The molecule has 3 aromatic rings. The van der Waals surface area contributed by atoms with Crippen molar-refractivity contribution in [3.8, 4) is 5.75 Å². The van der Waals surface area contributed by atoms with Gasteiger partial charge in [0, 0.05) is 24.5 Å². The molecule has 1 aromatic carbocycles. The highest BCUT2D eigenvalue weighted by atomic mass is 32.2. The molecule has 148 valence electrons. The van der Waals surface area contributed by atoms with E-state index in [1.54, 1.807) is 41.7 Å². The summed E-state index contributed by atoms with van der Waals surface area (Å²) >= 11 is 1.59. The Kier molecular flexibility index (Phi) is 6.18. The molecule has 0 aliphatic heterocycles. The number of carbonyl (C=O) groups is 1. The Balaban J connectivity index is 1.55. The van der Waals surface area contributed by atoms with Crippen LogP contribution in [0.5, 0.6) is 5.75 Å². The summed E-state index contributed by atoms with van der Waals surface area (Å²) in [6.45, 7) is 0.568. The summed E-state index contributed by atoms with van der Waals surface area (Å²) < 4.78 is 36.0. The normalized spacial score (nSPS) is 11.5. The van der Waals surface area contributed by atoms with Crippen LogP contribution in [0, 0.1) is 0 Å². The second-order valence-corrected chi connectivity index (χ2v) is 9.20. The lowest BCUT2D eigenvalue weighted by molar-refractivity contribution is 0.0951. The number of hydrogen-bond donors (Lipinski definition) is 1. The third-order valence-corrected chi connectivity index (χ3v) is 6.44. The number of carbonyl (C=O) groups excluding carboxylic acids is 1. The minimum Gasteiger partial charge on any atom is -0.486 e. The monoisotopic (exact) mass is 420 g/mol. The number of hydrogen-bond acceptors (Lipinski definition) is 6. The van der Waals surface area contributed by atoms with E-state index in [0.29, 0.717) is 23.6 Å². The van der Waals surface area contributed by atoms with Gasteiger partial charge in [-0.15, -0.1) is 11.3 Å². The number of thiophene rings is 1. The van der Waals surface area contributed by atoms with Crippen molar-refractivity contribution in [2.24, 2.45) is 0 Å². The zero-order valence-electron chi connectivity index (χ0n) is 15.4. The highest BCUT2D eigenvalue weighted by molar-refractivity contribution is 7.88. The molecular formula is C19H20N2O5S2. The van der Waals surface area contributed by atoms with Gasteiger partial charge in [0.2, 0.25) is 5.09 Å². The van der Waals surface area contributed by atoms with Crippen molar-refractivity contribution in [2.45, 2.75) is 18.2 Å². The SMILES string of the molecule is CN(C)S(=O)(=O)c1ccc(COc2ccc(C(=O)NCc3cccs3)cc2)o1. The van der Waals surface area contributed by atoms with Crippen LogP contribution in [0.3, 0.4) is 0 Å². The van der Waals surface area contributed by atoms with Gasteiger partial charge in [-0.1, -0.05) is 6.07 Å². The maximum absolute atomic E-state index is 12.2. The lowest BCUT2D eigenvalue weighted by Crippen LogP contribution is -2.22. The molecule has 0 atom stereocenters. The topological polar surface area (TPSA) is 88.8 Å². The van der Waals surface area contributed by atoms with E-state index in [4.69, 9.17) is 9.15 Å². The molecule has 0 fully saturated rings. The number of furan rings is 1. The molecule has 0 radical (unpaired) electrons. The van der Waals surface area contributed by atoms with Gasteiger partial charge in [-0.3, -0.25) is 4.79 Å². The molecule has 9 heteroatoms. The van der Waals surface area contributed by atoms with Gasteiger partial charge in [0.25, 0.3) is 15.9 Å². The second-order valence-electron chi connectivity index (χ2n) is 6.08. The largest absolute Gasteiger partial charge is 0.486 e. The first-order valence-electron chi connectivity index (χ1n) is 8.41. The molecule has 2 aromatic heterocycles. The molecule has 0 unspecified atom stereocenters. The molecular weight excluding hydrogens is 400 g/mol. The van der Waals surface area contributed by atoms with Crippen molar-refractivity contribution in [3.05, 3.63) is 70.1 Å². The molecule has 3 rings (SSSR count). The summed E-state index contributed by atoms with van der Waals surface area (Å²) in [5.74, 6) is 0.769. The molecule has 2 heterocycles. The highest BCUT2D eigenvalue weighted by Crippen LogP contribution is 2.19. The van der Waals surface area contributed by atoms with Crippen molar-refractivity contribution in [1.29, 1.82) is 0 Å². The number of benzene rings is 1. The predicted molar refractivity (Wildman–Crippen MR) is 106 cm³/mol. The molecule has 1 amide bonds. The number of nitrogens with zero attached hydrogens (tertiary/aromatic N) is 1. The third-order valence-electron chi connectivity index (χ3n) is 3.87. The van der Waals surface area contributed by atoms with E-state index in [0.717, 1.165) is 9.18 Å². The summed E-state index contributed by atoms with van der Waals surface area (Å²) in [5, 5.41) is 4.69. The molecule has 0 bridgehead atoms. The number of sulfonamides is 1. The molecule has 0 aliphatic rings. The summed E-state index contributed by atoms with van der Waals surface area (Å²) in [7, 11) is -0.735. The van der Waals surface area contributed by atoms with Gasteiger partial charge in [-0.25, -0.2) is 12.7 Å². The minimum atomic E-state index is -3.61. The van der Waals surface area contributed by atoms with Crippen molar-refractivity contribution in [2.75, 3.05) is 14.1 Å². The highest BCUT2D eigenvalue weighted by Gasteiger charge is 2.21.